The van der Waals surface area contributed by atoms with E-state index in [2.05, 4.69) is 10.3 Å². The summed E-state index contributed by atoms with van der Waals surface area (Å²) in [6.45, 7) is 0.111. The average molecular weight is 328 g/mol. The van der Waals surface area contributed by atoms with Gasteiger partial charge in [-0.25, -0.2) is 4.79 Å². The van der Waals surface area contributed by atoms with Crippen LogP contribution in [0, 0.1) is 0 Å². The summed E-state index contributed by atoms with van der Waals surface area (Å²) in [6.07, 6.45) is 0.113. The Balaban J connectivity index is 1.75. The molecule has 122 valence electrons. The number of hydrogen-bond acceptors (Lipinski definition) is 6. The zero-order valence-corrected chi connectivity index (χ0v) is 12.6. The zero-order chi connectivity index (χ0) is 16.8. The van der Waals surface area contributed by atoms with Crippen molar-refractivity contribution in [2.45, 2.75) is 6.10 Å². The van der Waals surface area contributed by atoms with E-state index < -0.39 is 17.8 Å². The number of aromatic nitrogens is 2. The third-order valence-electron chi connectivity index (χ3n) is 3.84. The molecule has 3 aromatic rings. The number of nitrogens with one attached hydrogen (secondary N) is 1. The summed E-state index contributed by atoms with van der Waals surface area (Å²) in [4.78, 5) is 40.1. The molecular formula is C15H12N4O5. The summed E-state index contributed by atoms with van der Waals surface area (Å²) in [5.74, 6) is -0.194. The van der Waals surface area contributed by atoms with Gasteiger partial charge >= 0.3 is 11.9 Å². The van der Waals surface area contributed by atoms with E-state index in [4.69, 9.17) is 9.15 Å². The Kier molecular flexibility index (Phi) is 3.02. The smallest absolute Gasteiger partial charge is 0.415 e. The molecule has 24 heavy (non-hydrogen) atoms. The van der Waals surface area contributed by atoms with Crippen LogP contribution < -0.4 is 15.8 Å². The van der Waals surface area contributed by atoms with Gasteiger partial charge in [0.15, 0.2) is 11.7 Å². The van der Waals surface area contributed by atoms with Gasteiger partial charge in [0.05, 0.1) is 17.7 Å². The molecule has 1 aromatic carbocycles. The van der Waals surface area contributed by atoms with Crippen LogP contribution in [0.2, 0.25) is 0 Å². The van der Waals surface area contributed by atoms with Crippen LogP contribution in [-0.4, -0.2) is 41.1 Å². The number of carbonyl (C=O) groups excluding carboxylic acids is 2. The van der Waals surface area contributed by atoms with Gasteiger partial charge in [-0.3, -0.25) is 18.9 Å². The van der Waals surface area contributed by atoms with Crippen molar-refractivity contribution in [1.29, 1.82) is 0 Å². The molecular weight excluding hydrogens is 316 g/mol. The molecule has 0 spiro atoms. The molecule has 9 heteroatoms. The SMILES string of the molecule is CNC(=O)[C@H]1CN(c2ccc3c(c2)oc2nc(=O)ccn23)C(=O)O1. The molecule has 0 aliphatic carbocycles. The van der Waals surface area contributed by atoms with Crippen molar-refractivity contribution in [2.75, 3.05) is 18.5 Å². The Morgan fingerprint density at radius 1 is 1.33 bits per heavy atom. The molecule has 1 aliphatic rings. The van der Waals surface area contributed by atoms with Gasteiger partial charge in [-0.15, -0.1) is 0 Å². The monoisotopic (exact) mass is 328 g/mol. The van der Waals surface area contributed by atoms with Crippen molar-refractivity contribution in [3.63, 3.8) is 0 Å². The fourth-order valence-corrected chi connectivity index (χ4v) is 2.66. The fourth-order valence-electron chi connectivity index (χ4n) is 2.66. The van der Waals surface area contributed by atoms with E-state index in [1.807, 2.05) is 0 Å². The lowest BCUT2D eigenvalue weighted by Gasteiger charge is -2.12. The molecule has 0 unspecified atom stereocenters. The summed E-state index contributed by atoms with van der Waals surface area (Å²) in [7, 11) is 1.48. The Labute approximate surface area is 134 Å². The normalized spacial score (nSPS) is 17.5. The van der Waals surface area contributed by atoms with Gasteiger partial charge in [-0.1, -0.05) is 0 Å². The number of oxazole rings is 1. The minimum absolute atomic E-state index is 0.111. The predicted octanol–water partition coefficient (Wildman–Crippen LogP) is 0.512. The maximum absolute atomic E-state index is 12.0. The number of benzene rings is 1. The minimum Gasteiger partial charge on any atom is -0.434 e. The number of anilines is 1. The number of hydrogen-bond donors (Lipinski definition) is 1. The molecule has 4 rings (SSSR count). The van der Waals surface area contributed by atoms with Crippen LogP contribution in [0.3, 0.4) is 0 Å². The second-order valence-corrected chi connectivity index (χ2v) is 5.27. The maximum atomic E-state index is 12.0. The largest absolute Gasteiger partial charge is 0.434 e. The molecule has 1 aliphatic heterocycles. The number of carbonyl (C=O) groups is 2. The molecule has 1 saturated heterocycles. The Morgan fingerprint density at radius 3 is 2.96 bits per heavy atom. The summed E-state index contributed by atoms with van der Waals surface area (Å²) < 4.78 is 12.2. The van der Waals surface area contributed by atoms with Crippen molar-refractivity contribution in [1.82, 2.24) is 14.7 Å². The quantitative estimate of drug-likeness (QED) is 0.735. The number of fused-ring (bicyclic) bond motifs is 3. The molecule has 1 atom stereocenters. The standard InChI is InChI=1S/C15H12N4O5/c1-16-13(21)11-7-19(15(22)24-11)8-2-3-9-10(6-8)23-14-17-12(20)4-5-18(9)14/h2-6,11H,7H2,1H3,(H,16,21)/t11-/m1/s1. The second kappa shape index (κ2) is 5.08. The van der Waals surface area contributed by atoms with Gasteiger partial charge in [0.1, 0.15) is 0 Å². The molecule has 0 saturated carbocycles. The lowest BCUT2D eigenvalue weighted by atomic mass is 10.2. The third-order valence-corrected chi connectivity index (χ3v) is 3.84. The topological polar surface area (TPSA) is 106 Å². The number of likely N-dealkylation sites (N-methyl/N-ethyl adjacent to an activating group) is 1. The highest BCUT2D eigenvalue weighted by atomic mass is 16.6. The summed E-state index contributed by atoms with van der Waals surface area (Å²) in [5.41, 5.74) is 1.30. The van der Waals surface area contributed by atoms with Gasteiger partial charge in [0.25, 0.3) is 11.5 Å². The van der Waals surface area contributed by atoms with Gasteiger partial charge in [0.2, 0.25) is 0 Å². The highest BCUT2D eigenvalue weighted by Crippen LogP contribution is 2.27. The van der Waals surface area contributed by atoms with E-state index in [0.29, 0.717) is 16.8 Å². The average Bonchev–Trinajstić information content (AvgIpc) is 3.13. The molecule has 1 N–H and O–H groups in total. The van der Waals surface area contributed by atoms with Crippen LogP contribution in [0.15, 0.2) is 39.7 Å². The van der Waals surface area contributed by atoms with Crippen LogP contribution >= 0.6 is 0 Å². The zero-order valence-electron chi connectivity index (χ0n) is 12.6. The van der Waals surface area contributed by atoms with Crippen molar-refractivity contribution >= 4 is 34.6 Å². The number of cyclic esters (lactones) is 1. The number of amides is 2. The highest BCUT2D eigenvalue weighted by Gasteiger charge is 2.36. The van der Waals surface area contributed by atoms with Gasteiger partial charge in [-0.2, -0.15) is 4.98 Å². The molecule has 3 heterocycles. The van der Waals surface area contributed by atoms with Crippen molar-refractivity contribution in [3.8, 4) is 0 Å². The lowest BCUT2D eigenvalue weighted by molar-refractivity contribution is -0.127. The molecule has 2 amide bonds. The number of ether oxygens (including phenoxy) is 1. The Morgan fingerprint density at radius 2 is 2.17 bits per heavy atom. The van der Waals surface area contributed by atoms with E-state index in [1.54, 1.807) is 28.8 Å². The van der Waals surface area contributed by atoms with E-state index >= 15 is 0 Å². The van der Waals surface area contributed by atoms with Crippen LogP contribution in [0.25, 0.3) is 16.9 Å². The van der Waals surface area contributed by atoms with Crippen molar-refractivity contribution in [2.24, 2.45) is 0 Å². The first-order valence-electron chi connectivity index (χ1n) is 7.18. The van der Waals surface area contributed by atoms with E-state index in [1.165, 1.54) is 18.0 Å². The van der Waals surface area contributed by atoms with E-state index in [-0.39, 0.29) is 18.3 Å². The molecule has 1 fully saturated rings. The van der Waals surface area contributed by atoms with Crippen LogP contribution in [-0.2, 0) is 9.53 Å². The Bertz CT molecular complexity index is 1040. The van der Waals surface area contributed by atoms with Crippen LogP contribution in [0.4, 0.5) is 10.5 Å². The minimum atomic E-state index is -0.854. The molecule has 2 aromatic heterocycles. The summed E-state index contributed by atoms with van der Waals surface area (Å²) >= 11 is 0. The molecule has 0 radical (unpaired) electrons. The van der Waals surface area contributed by atoms with Crippen molar-refractivity contribution < 1.29 is 18.7 Å². The third kappa shape index (κ3) is 2.09. The van der Waals surface area contributed by atoms with E-state index in [0.717, 1.165) is 0 Å². The fraction of sp³-hybridized carbons (Fsp3) is 0.200. The first-order valence-corrected chi connectivity index (χ1v) is 7.18. The molecule has 0 bridgehead atoms. The van der Waals surface area contributed by atoms with Gasteiger partial charge < -0.3 is 14.5 Å². The van der Waals surface area contributed by atoms with Gasteiger partial charge in [-0.05, 0) is 12.1 Å². The highest BCUT2D eigenvalue weighted by molar-refractivity contribution is 5.97. The van der Waals surface area contributed by atoms with Crippen LogP contribution in [0.5, 0.6) is 0 Å². The number of rotatable bonds is 2. The van der Waals surface area contributed by atoms with E-state index in [9.17, 15) is 14.4 Å². The maximum Gasteiger partial charge on any atom is 0.415 e. The van der Waals surface area contributed by atoms with Crippen molar-refractivity contribution in [3.05, 3.63) is 40.8 Å². The predicted molar refractivity (Wildman–Crippen MR) is 82.9 cm³/mol. The number of nitrogens with zero attached hydrogens (tertiary/aromatic N) is 3. The Hall–Kier alpha value is -3.36. The summed E-state index contributed by atoms with van der Waals surface area (Å²) in [5, 5.41) is 2.45. The van der Waals surface area contributed by atoms with Gasteiger partial charge in [0, 0.05) is 25.4 Å². The summed E-state index contributed by atoms with van der Waals surface area (Å²) in [6, 6.07) is 6.43. The first kappa shape index (κ1) is 14.2. The second-order valence-electron chi connectivity index (χ2n) is 5.27. The first-order chi connectivity index (χ1) is 11.6. The lowest BCUT2D eigenvalue weighted by Crippen LogP contribution is -2.35. The molecule has 9 nitrogen and oxygen atoms in total. The van der Waals surface area contributed by atoms with Crippen LogP contribution in [0.1, 0.15) is 0 Å².